The molecule has 2 nitrogen and oxygen atoms in total. The zero-order valence-electron chi connectivity index (χ0n) is 7.00. The van der Waals surface area contributed by atoms with Crippen LogP contribution in [0.5, 0.6) is 5.75 Å². The van der Waals surface area contributed by atoms with Gasteiger partial charge in [-0.1, -0.05) is 0 Å². The molecule has 1 N–H and O–H groups in total. The molecule has 1 aromatic carbocycles. The van der Waals surface area contributed by atoms with Crippen LogP contribution in [0.3, 0.4) is 0 Å². The van der Waals surface area contributed by atoms with Gasteiger partial charge in [0.2, 0.25) is 0 Å². The highest BCUT2D eigenvalue weighted by Gasteiger charge is 1.98. The van der Waals surface area contributed by atoms with Gasteiger partial charge in [0, 0.05) is 25.2 Å². The molecule has 0 bridgehead atoms. The molecular formula is C9H12ClNO. The predicted octanol–water partition coefficient (Wildman–Crippen LogP) is 2.07. The fourth-order valence-corrected chi connectivity index (χ4v) is 1.22. The van der Waals surface area contributed by atoms with Gasteiger partial charge in [-0.3, -0.25) is 0 Å². The maximum absolute atomic E-state index is 9.02. The van der Waals surface area contributed by atoms with E-state index in [-0.39, 0.29) is 5.75 Å². The quantitative estimate of drug-likeness (QED) is 0.729. The van der Waals surface area contributed by atoms with Crippen molar-refractivity contribution in [3.63, 3.8) is 0 Å². The zero-order valence-corrected chi connectivity index (χ0v) is 7.75. The molecule has 0 unspecified atom stereocenters. The van der Waals surface area contributed by atoms with Crippen LogP contribution in [-0.2, 0) is 0 Å². The predicted molar refractivity (Wildman–Crippen MR) is 52.1 cm³/mol. The van der Waals surface area contributed by atoms with E-state index in [1.807, 2.05) is 24.1 Å². The van der Waals surface area contributed by atoms with Gasteiger partial charge in [0.1, 0.15) is 5.75 Å². The van der Waals surface area contributed by atoms with Gasteiger partial charge in [-0.2, -0.15) is 0 Å². The van der Waals surface area contributed by atoms with Crippen LogP contribution in [0.4, 0.5) is 5.69 Å². The van der Waals surface area contributed by atoms with Gasteiger partial charge in [0.25, 0.3) is 0 Å². The van der Waals surface area contributed by atoms with Crippen molar-refractivity contribution in [2.45, 2.75) is 0 Å². The summed E-state index contributed by atoms with van der Waals surface area (Å²) in [6.07, 6.45) is 0. The van der Waals surface area contributed by atoms with Crippen molar-refractivity contribution >= 4 is 17.3 Å². The van der Waals surface area contributed by atoms with E-state index in [4.69, 9.17) is 16.7 Å². The summed E-state index contributed by atoms with van der Waals surface area (Å²) in [6.45, 7) is 0.812. The number of anilines is 1. The summed E-state index contributed by atoms with van der Waals surface area (Å²) in [7, 11) is 1.97. The van der Waals surface area contributed by atoms with Crippen LogP contribution in [0.15, 0.2) is 24.3 Å². The fraction of sp³-hybridized carbons (Fsp3) is 0.333. The topological polar surface area (TPSA) is 23.5 Å². The van der Waals surface area contributed by atoms with Gasteiger partial charge in [0.15, 0.2) is 0 Å². The lowest BCUT2D eigenvalue weighted by atomic mass is 10.3. The molecule has 1 rings (SSSR count). The number of hydrogen-bond acceptors (Lipinski definition) is 2. The minimum atomic E-state index is 0.290. The number of rotatable bonds is 3. The summed E-state index contributed by atoms with van der Waals surface area (Å²) in [5.41, 5.74) is 1.06. The number of hydrogen-bond donors (Lipinski definition) is 1. The number of benzene rings is 1. The minimum Gasteiger partial charge on any atom is -0.508 e. The second-order valence-electron chi connectivity index (χ2n) is 2.63. The van der Waals surface area contributed by atoms with Gasteiger partial charge < -0.3 is 10.0 Å². The fourth-order valence-electron chi connectivity index (χ4n) is 0.963. The molecule has 0 atom stereocenters. The molecule has 0 aliphatic carbocycles. The average molecular weight is 186 g/mol. The van der Waals surface area contributed by atoms with Gasteiger partial charge in [-0.25, -0.2) is 0 Å². The lowest BCUT2D eigenvalue weighted by Gasteiger charge is -2.17. The van der Waals surface area contributed by atoms with Gasteiger partial charge in [-0.15, -0.1) is 11.6 Å². The summed E-state index contributed by atoms with van der Waals surface area (Å²) in [4.78, 5) is 2.03. The third-order valence-corrected chi connectivity index (χ3v) is 1.88. The van der Waals surface area contributed by atoms with Crippen molar-refractivity contribution < 1.29 is 5.11 Å². The van der Waals surface area contributed by atoms with Crippen molar-refractivity contribution in [3.05, 3.63) is 24.3 Å². The molecule has 0 heterocycles. The van der Waals surface area contributed by atoms with Crippen LogP contribution in [0.25, 0.3) is 0 Å². The zero-order chi connectivity index (χ0) is 8.97. The third-order valence-electron chi connectivity index (χ3n) is 1.71. The standard InChI is InChI=1S/C9H12ClNO/c1-11(7-6-10)8-2-4-9(12)5-3-8/h2-5,12H,6-7H2,1H3. The van der Waals surface area contributed by atoms with Crippen LogP contribution < -0.4 is 4.90 Å². The Morgan fingerprint density at radius 1 is 1.33 bits per heavy atom. The van der Waals surface area contributed by atoms with Gasteiger partial charge >= 0.3 is 0 Å². The molecule has 0 aliphatic heterocycles. The smallest absolute Gasteiger partial charge is 0.115 e. The summed E-state index contributed by atoms with van der Waals surface area (Å²) < 4.78 is 0. The highest BCUT2D eigenvalue weighted by molar-refractivity contribution is 6.18. The first-order valence-electron chi connectivity index (χ1n) is 3.80. The second-order valence-corrected chi connectivity index (χ2v) is 3.00. The van der Waals surface area contributed by atoms with Crippen LogP contribution in [-0.4, -0.2) is 24.6 Å². The van der Waals surface area contributed by atoms with Gasteiger partial charge in [0.05, 0.1) is 0 Å². The Kier molecular flexibility index (Phi) is 3.23. The lowest BCUT2D eigenvalue weighted by Crippen LogP contribution is -2.19. The largest absolute Gasteiger partial charge is 0.508 e. The molecule has 0 radical (unpaired) electrons. The van der Waals surface area contributed by atoms with E-state index in [1.54, 1.807) is 12.1 Å². The molecule has 0 spiro atoms. The monoisotopic (exact) mass is 185 g/mol. The Bertz CT molecular complexity index is 235. The van der Waals surface area contributed by atoms with E-state index < -0.39 is 0 Å². The molecule has 0 aliphatic rings. The molecule has 0 aromatic heterocycles. The van der Waals surface area contributed by atoms with Crippen LogP contribution in [0.2, 0.25) is 0 Å². The van der Waals surface area contributed by atoms with Crippen molar-refractivity contribution in [1.29, 1.82) is 0 Å². The number of nitrogens with zero attached hydrogens (tertiary/aromatic N) is 1. The molecular weight excluding hydrogens is 174 g/mol. The highest BCUT2D eigenvalue weighted by atomic mass is 35.5. The SMILES string of the molecule is CN(CCCl)c1ccc(O)cc1. The maximum atomic E-state index is 9.02. The Hall–Kier alpha value is -0.890. The number of halogens is 1. The van der Waals surface area contributed by atoms with E-state index in [9.17, 15) is 0 Å². The van der Waals surface area contributed by atoms with Crippen LogP contribution in [0, 0.1) is 0 Å². The lowest BCUT2D eigenvalue weighted by molar-refractivity contribution is 0.475. The Morgan fingerprint density at radius 2 is 1.92 bits per heavy atom. The van der Waals surface area contributed by atoms with E-state index >= 15 is 0 Å². The first-order chi connectivity index (χ1) is 5.74. The van der Waals surface area contributed by atoms with Crippen molar-refractivity contribution in [3.8, 4) is 5.75 Å². The molecule has 0 amide bonds. The summed E-state index contributed by atoms with van der Waals surface area (Å²) in [5.74, 6) is 0.898. The number of aromatic hydroxyl groups is 1. The third kappa shape index (κ3) is 2.31. The first kappa shape index (κ1) is 9.20. The number of phenolic OH excluding ortho intramolecular Hbond substituents is 1. The summed E-state index contributed by atoms with van der Waals surface area (Å²) >= 11 is 5.59. The van der Waals surface area contributed by atoms with E-state index in [1.165, 1.54) is 0 Å². The Morgan fingerprint density at radius 3 is 2.42 bits per heavy atom. The van der Waals surface area contributed by atoms with Crippen molar-refractivity contribution in [2.75, 3.05) is 24.4 Å². The van der Waals surface area contributed by atoms with Gasteiger partial charge in [-0.05, 0) is 24.3 Å². The average Bonchev–Trinajstić information content (AvgIpc) is 2.06. The maximum Gasteiger partial charge on any atom is 0.115 e. The minimum absolute atomic E-state index is 0.290. The molecule has 3 heteroatoms. The normalized spacial score (nSPS) is 9.83. The molecule has 12 heavy (non-hydrogen) atoms. The van der Waals surface area contributed by atoms with E-state index in [0.717, 1.165) is 12.2 Å². The summed E-state index contributed by atoms with van der Waals surface area (Å²) in [5, 5.41) is 9.02. The molecule has 1 aromatic rings. The second kappa shape index (κ2) is 4.21. The number of alkyl halides is 1. The van der Waals surface area contributed by atoms with Crippen molar-refractivity contribution in [2.24, 2.45) is 0 Å². The van der Waals surface area contributed by atoms with Crippen LogP contribution >= 0.6 is 11.6 Å². The molecule has 0 fully saturated rings. The first-order valence-corrected chi connectivity index (χ1v) is 4.33. The Labute approximate surface area is 77.4 Å². The highest BCUT2D eigenvalue weighted by Crippen LogP contribution is 2.16. The Balaban J connectivity index is 2.68. The molecule has 0 saturated heterocycles. The van der Waals surface area contributed by atoms with Crippen LogP contribution in [0.1, 0.15) is 0 Å². The molecule has 0 saturated carbocycles. The number of phenols is 1. The van der Waals surface area contributed by atoms with E-state index in [2.05, 4.69) is 0 Å². The summed E-state index contributed by atoms with van der Waals surface area (Å²) in [6, 6.07) is 7.06. The van der Waals surface area contributed by atoms with E-state index in [0.29, 0.717) is 5.88 Å². The molecule has 66 valence electrons. The van der Waals surface area contributed by atoms with Crippen molar-refractivity contribution in [1.82, 2.24) is 0 Å².